The molecule has 1 aromatic heterocycles. The van der Waals surface area contributed by atoms with Crippen LogP contribution in [0.25, 0.3) is 11.3 Å². The molecule has 0 aliphatic heterocycles. The van der Waals surface area contributed by atoms with E-state index < -0.39 is 5.97 Å². The summed E-state index contributed by atoms with van der Waals surface area (Å²) in [5.41, 5.74) is 2.03. The standard InChI is InChI=1S/C18H15BrClN3O3/c1-2-25-18(24)17-16(21-23-22-17)14-9-12(19)6-7-15(14)26-10-11-4-3-5-13(20)8-11/h3-9H,2,10H2,1H3,(H,21,22,23). The number of esters is 1. The first-order valence-electron chi connectivity index (χ1n) is 7.83. The van der Waals surface area contributed by atoms with Crippen LogP contribution in [0.5, 0.6) is 5.75 Å². The molecule has 0 unspecified atom stereocenters. The lowest BCUT2D eigenvalue weighted by Gasteiger charge is -2.11. The van der Waals surface area contributed by atoms with Gasteiger partial charge in [0.2, 0.25) is 0 Å². The third-order valence-corrected chi connectivity index (χ3v) is 4.23. The highest BCUT2D eigenvalue weighted by atomic mass is 79.9. The number of hydrogen-bond donors (Lipinski definition) is 1. The van der Waals surface area contributed by atoms with Gasteiger partial charge in [-0.2, -0.15) is 10.3 Å². The van der Waals surface area contributed by atoms with Gasteiger partial charge in [0.05, 0.1) is 6.61 Å². The van der Waals surface area contributed by atoms with E-state index in [0.29, 0.717) is 28.6 Å². The molecular weight excluding hydrogens is 422 g/mol. The summed E-state index contributed by atoms with van der Waals surface area (Å²) in [7, 11) is 0. The van der Waals surface area contributed by atoms with Crippen LogP contribution >= 0.6 is 27.5 Å². The van der Waals surface area contributed by atoms with Crippen molar-refractivity contribution < 1.29 is 14.3 Å². The molecule has 1 N–H and O–H groups in total. The first-order chi connectivity index (χ1) is 12.6. The SMILES string of the molecule is CCOC(=O)c1n[nH]nc1-c1cc(Br)ccc1OCc1cccc(Cl)c1. The van der Waals surface area contributed by atoms with Crippen LogP contribution in [-0.2, 0) is 11.3 Å². The van der Waals surface area contributed by atoms with E-state index in [1.54, 1.807) is 19.1 Å². The minimum absolute atomic E-state index is 0.109. The Morgan fingerprint density at radius 1 is 1.23 bits per heavy atom. The van der Waals surface area contributed by atoms with Crippen LogP contribution in [0.3, 0.4) is 0 Å². The molecule has 8 heteroatoms. The van der Waals surface area contributed by atoms with Crippen LogP contribution in [0.4, 0.5) is 0 Å². The highest BCUT2D eigenvalue weighted by Gasteiger charge is 2.22. The fourth-order valence-corrected chi connectivity index (χ4v) is 2.94. The number of halogens is 2. The molecule has 6 nitrogen and oxygen atoms in total. The molecule has 0 aliphatic carbocycles. The largest absolute Gasteiger partial charge is 0.488 e. The van der Waals surface area contributed by atoms with Crippen molar-refractivity contribution in [3.05, 3.63) is 63.2 Å². The summed E-state index contributed by atoms with van der Waals surface area (Å²) in [5, 5.41) is 11.1. The summed E-state index contributed by atoms with van der Waals surface area (Å²) in [4.78, 5) is 12.1. The number of rotatable bonds is 6. The second-order valence-corrected chi connectivity index (χ2v) is 6.65. The Morgan fingerprint density at radius 3 is 2.85 bits per heavy atom. The lowest BCUT2D eigenvalue weighted by Crippen LogP contribution is -2.07. The molecule has 0 fully saturated rings. The lowest BCUT2D eigenvalue weighted by molar-refractivity contribution is 0.0520. The number of benzene rings is 2. The Kier molecular flexibility index (Phi) is 5.90. The van der Waals surface area contributed by atoms with Gasteiger partial charge in [0.1, 0.15) is 18.1 Å². The molecule has 134 valence electrons. The highest BCUT2D eigenvalue weighted by Crippen LogP contribution is 2.33. The van der Waals surface area contributed by atoms with Crippen molar-refractivity contribution in [1.82, 2.24) is 15.4 Å². The molecule has 0 atom stereocenters. The average Bonchev–Trinajstić information content (AvgIpc) is 3.10. The Bertz CT molecular complexity index is 930. The number of H-pyrrole nitrogens is 1. The molecule has 3 aromatic rings. The van der Waals surface area contributed by atoms with Gasteiger partial charge in [-0.05, 0) is 42.8 Å². The molecule has 2 aromatic carbocycles. The van der Waals surface area contributed by atoms with Crippen LogP contribution in [0.2, 0.25) is 5.02 Å². The van der Waals surface area contributed by atoms with Crippen LogP contribution in [0.1, 0.15) is 23.0 Å². The molecule has 0 spiro atoms. The van der Waals surface area contributed by atoms with Gasteiger partial charge in [0, 0.05) is 15.1 Å². The minimum atomic E-state index is -0.544. The molecule has 0 aliphatic rings. The Labute approximate surface area is 163 Å². The zero-order valence-electron chi connectivity index (χ0n) is 13.8. The second-order valence-electron chi connectivity index (χ2n) is 5.30. The first kappa shape index (κ1) is 18.4. The predicted molar refractivity (Wildman–Crippen MR) is 101 cm³/mol. The summed E-state index contributed by atoms with van der Waals surface area (Å²) in [6.45, 7) is 2.31. The monoisotopic (exact) mass is 435 g/mol. The number of carbonyl (C=O) groups is 1. The van der Waals surface area contributed by atoms with Crippen molar-refractivity contribution >= 4 is 33.5 Å². The number of carbonyl (C=O) groups excluding carboxylic acids is 1. The molecule has 1 heterocycles. The van der Waals surface area contributed by atoms with Crippen LogP contribution in [0.15, 0.2) is 46.9 Å². The quantitative estimate of drug-likeness (QED) is 0.569. The van der Waals surface area contributed by atoms with E-state index in [2.05, 4.69) is 31.3 Å². The summed E-state index contributed by atoms with van der Waals surface area (Å²) >= 11 is 9.44. The molecule has 3 rings (SSSR count). The average molecular weight is 437 g/mol. The maximum absolute atomic E-state index is 12.1. The highest BCUT2D eigenvalue weighted by molar-refractivity contribution is 9.10. The molecule has 0 bridgehead atoms. The molecule has 0 radical (unpaired) electrons. The second kappa shape index (κ2) is 8.33. The molecule has 0 amide bonds. The van der Waals surface area contributed by atoms with E-state index >= 15 is 0 Å². The van der Waals surface area contributed by atoms with E-state index in [1.807, 2.05) is 30.3 Å². The Hall–Kier alpha value is -2.38. The van der Waals surface area contributed by atoms with E-state index in [-0.39, 0.29) is 12.3 Å². The van der Waals surface area contributed by atoms with Gasteiger partial charge < -0.3 is 9.47 Å². The fraction of sp³-hybridized carbons (Fsp3) is 0.167. The maximum atomic E-state index is 12.1. The Morgan fingerprint density at radius 2 is 2.08 bits per heavy atom. The smallest absolute Gasteiger partial charge is 0.361 e. The summed E-state index contributed by atoms with van der Waals surface area (Å²) in [6, 6.07) is 12.9. The van der Waals surface area contributed by atoms with Crippen molar-refractivity contribution in [2.75, 3.05) is 6.61 Å². The van der Waals surface area contributed by atoms with E-state index in [9.17, 15) is 4.79 Å². The van der Waals surface area contributed by atoms with Gasteiger partial charge in [-0.3, -0.25) is 0 Å². The van der Waals surface area contributed by atoms with Gasteiger partial charge in [-0.25, -0.2) is 4.79 Å². The third-order valence-electron chi connectivity index (χ3n) is 3.50. The fourth-order valence-electron chi connectivity index (χ4n) is 2.36. The van der Waals surface area contributed by atoms with Crippen LogP contribution in [0, 0.1) is 0 Å². The Balaban J connectivity index is 1.92. The van der Waals surface area contributed by atoms with Crippen molar-refractivity contribution in [1.29, 1.82) is 0 Å². The number of hydrogen-bond acceptors (Lipinski definition) is 5. The van der Waals surface area contributed by atoms with Crippen LogP contribution < -0.4 is 4.74 Å². The first-order valence-corrected chi connectivity index (χ1v) is 9.00. The lowest BCUT2D eigenvalue weighted by atomic mass is 10.1. The number of nitrogens with zero attached hydrogens (tertiary/aromatic N) is 2. The summed E-state index contributed by atoms with van der Waals surface area (Å²) in [6.07, 6.45) is 0. The van der Waals surface area contributed by atoms with Crippen molar-refractivity contribution in [3.63, 3.8) is 0 Å². The normalized spacial score (nSPS) is 10.6. The maximum Gasteiger partial charge on any atom is 0.361 e. The van der Waals surface area contributed by atoms with E-state index in [1.165, 1.54) is 0 Å². The van der Waals surface area contributed by atoms with Crippen LogP contribution in [-0.4, -0.2) is 28.0 Å². The van der Waals surface area contributed by atoms with Gasteiger partial charge in [-0.15, -0.1) is 5.10 Å². The molecule has 0 saturated carbocycles. The zero-order valence-corrected chi connectivity index (χ0v) is 16.2. The van der Waals surface area contributed by atoms with Gasteiger partial charge in [0.25, 0.3) is 0 Å². The minimum Gasteiger partial charge on any atom is -0.488 e. The summed E-state index contributed by atoms with van der Waals surface area (Å²) < 4.78 is 11.8. The number of aromatic amines is 1. The molecule has 0 saturated heterocycles. The third kappa shape index (κ3) is 4.23. The summed E-state index contributed by atoms with van der Waals surface area (Å²) in [5.74, 6) is 0.0182. The zero-order chi connectivity index (χ0) is 18.5. The van der Waals surface area contributed by atoms with Gasteiger partial charge in [-0.1, -0.05) is 39.7 Å². The molecule has 26 heavy (non-hydrogen) atoms. The molecular formula is C18H15BrClN3O3. The van der Waals surface area contributed by atoms with E-state index in [4.69, 9.17) is 21.1 Å². The predicted octanol–water partition coefficient (Wildman–Crippen LogP) is 4.64. The van der Waals surface area contributed by atoms with Crippen molar-refractivity contribution in [2.45, 2.75) is 13.5 Å². The number of nitrogens with one attached hydrogen (secondary N) is 1. The van der Waals surface area contributed by atoms with Crippen molar-refractivity contribution in [2.24, 2.45) is 0 Å². The van der Waals surface area contributed by atoms with Gasteiger partial charge >= 0.3 is 5.97 Å². The topological polar surface area (TPSA) is 77.1 Å². The van der Waals surface area contributed by atoms with E-state index in [0.717, 1.165) is 10.0 Å². The number of ether oxygens (including phenoxy) is 2. The van der Waals surface area contributed by atoms with Gasteiger partial charge in [0.15, 0.2) is 5.69 Å². The van der Waals surface area contributed by atoms with Crippen molar-refractivity contribution in [3.8, 4) is 17.0 Å². The number of aromatic nitrogens is 3.